The first-order chi connectivity index (χ1) is 10.1. The van der Waals surface area contributed by atoms with Crippen LogP contribution in [0.1, 0.15) is 30.6 Å². The Morgan fingerprint density at radius 2 is 2.14 bits per heavy atom. The predicted octanol–water partition coefficient (Wildman–Crippen LogP) is 2.96. The number of hydrogen-bond donors (Lipinski definition) is 1. The molecule has 0 spiro atoms. The quantitative estimate of drug-likeness (QED) is 0.671. The highest BCUT2D eigenvalue weighted by Gasteiger charge is 2.25. The second kappa shape index (κ2) is 7.53. The number of amides is 1. The molecule has 0 unspecified atom stereocenters. The normalized spacial score (nSPS) is 19.2. The van der Waals surface area contributed by atoms with E-state index in [4.69, 9.17) is 11.2 Å². The van der Waals surface area contributed by atoms with Gasteiger partial charge in [-0.2, -0.15) is 0 Å². The predicted molar refractivity (Wildman–Crippen MR) is 86.4 cm³/mol. The molecule has 1 N–H and O–H groups in total. The van der Waals surface area contributed by atoms with Gasteiger partial charge >= 0.3 is 0 Å². The van der Waals surface area contributed by atoms with Crippen LogP contribution in [0, 0.1) is 18.3 Å². The molecular formula is C17H21NO2S. The molecule has 0 bridgehead atoms. The van der Waals surface area contributed by atoms with Crippen LogP contribution in [0.2, 0.25) is 0 Å². The van der Waals surface area contributed by atoms with Gasteiger partial charge in [0.25, 0.3) is 5.91 Å². The number of rotatable bonds is 5. The number of benzene rings is 1. The Labute approximate surface area is 130 Å². The highest BCUT2D eigenvalue weighted by molar-refractivity contribution is 7.99. The van der Waals surface area contributed by atoms with Gasteiger partial charge in [0.2, 0.25) is 0 Å². The molecule has 2 atom stereocenters. The highest BCUT2D eigenvalue weighted by Crippen LogP contribution is 2.23. The summed E-state index contributed by atoms with van der Waals surface area (Å²) in [6.07, 6.45) is 6.44. The molecule has 1 aromatic rings. The molecule has 2 rings (SSSR count). The summed E-state index contributed by atoms with van der Waals surface area (Å²) in [5.74, 6) is 2.76. The smallest absolute Gasteiger partial charge is 0.252 e. The zero-order valence-electron chi connectivity index (χ0n) is 12.5. The van der Waals surface area contributed by atoms with Crippen molar-refractivity contribution in [2.24, 2.45) is 5.92 Å². The Balaban J connectivity index is 1.97. The monoisotopic (exact) mass is 303 g/mol. The van der Waals surface area contributed by atoms with Gasteiger partial charge in [-0.25, -0.2) is 0 Å². The van der Waals surface area contributed by atoms with Gasteiger partial charge in [0.15, 0.2) is 0 Å². The third-order valence-corrected chi connectivity index (χ3v) is 4.41. The second-order valence-electron chi connectivity index (χ2n) is 5.43. The van der Waals surface area contributed by atoms with E-state index in [1.807, 2.05) is 24.3 Å². The fraction of sp³-hybridized carbons (Fsp3) is 0.471. The van der Waals surface area contributed by atoms with Gasteiger partial charge in [-0.3, -0.25) is 4.79 Å². The maximum Gasteiger partial charge on any atom is 0.252 e. The van der Waals surface area contributed by atoms with Gasteiger partial charge in [-0.05, 0) is 30.7 Å². The summed E-state index contributed by atoms with van der Waals surface area (Å²) >= 11 is 1.78. The number of carbonyl (C=O) groups is 1. The van der Waals surface area contributed by atoms with Crippen LogP contribution in [0.3, 0.4) is 0 Å². The van der Waals surface area contributed by atoms with Crippen LogP contribution < -0.4 is 5.32 Å². The third kappa shape index (κ3) is 4.52. The average molecular weight is 303 g/mol. The Bertz CT molecular complexity index is 513. The molecule has 4 heteroatoms. The molecule has 1 fully saturated rings. The molecule has 1 heterocycles. The van der Waals surface area contributed by atoms with Crippen molar-refractivity contribution in [2.45, 2.75) is 36.5 Å². The van der Waals surface area contributed by atoms with Gasteiger partial charge in [0, 0.05) is 28.2 Å². The van der Waals surface area contributed by atoms with Crippen molar-refractivity contribution in [3.63, 3.8) is 0 Å². The number of nitrogens with one attached hydrogen (secondary N) is 1. The molecule has 1 amide bonds. The van der Waals surface area contributed by atoms with E-state index in [2.05, 4.69) is 25.1 Å². The second-order valence-corrected chi connectivity index (χ2v) is 7.08. The van der Waals surface area contributed by atoms with Gasteiger partial charge in [0.05, 0.1) is 12.6 Å². The summed E-state index contributed by atoms with van der Waals surface area (Å²) < 4.78 is 5.33. The molecule has 0 saturated carbocycles. The van der Waals surface area contributed by atoms with Crippen molar-refractivity contribution < 1.29 is 9.53 Å². The summed E-state index contributed by atoms with van der Waals surface area (Å²) in [5, 5.41) is 3.45. The van der Waals surface area contributed by atoms with Crippen LogP contribution in [0.15, 0.2) is 29.2 Å². The van der Waals surface area contributed by atoms with Crippen molar-refractivity contribution in [3.8, 4) is 12.3 Å². The molecule has 0 radical (unpaired) electrons. The Morgan fingerprint density at radius 1 is 1.43 bits per heavy atom. The molecular weight excluding hydrogens is 282 g/mol. The first-order valence-electron chi connectivity index (χ1n) is 7.21. The van der Waals surface area contributed by atoms with E-state index in [1.165, 1.54) is 4.90 Å². The molecule has 1 aliphatic heterocycles. The lowest BCUT2D eigenvalue weighted by Crippen LogP contribution is -2.39. The number of hydrogen-bond acceptors (Lipinski definition) is 3. The molecule has 112 valence electrons. The molecule has 1 aliphatic rings. The molecule has 21 heavy (non-hydrogen) atoms. The fourth-order valence-corrected chi connectivity index (χ4v) is 3.13. The van der Waals surface area contributed by atoms with Crippen LogP contribution >= 0.6 is 11.8 Å². The standard InChI is InChI=1S/C17H21NO2S/c1-4-16(14-9-10-20-11-14)18-17(19)13-5-7-15(8-6-13)21-12(2)3/h1,5-8,12,14,16H,9-11H2,2-3H3,(H,18,19)/t14-,16+/m0/s1. The van der Waals surface area contributed by atoms with Crippen molar-refractivity contribution in [1.82, 2.24) is 5.32 Å². The molecule has 0 aromatic heterocycles. The van der Waals surface area contributed by atoms with Gasteiger partial charge in [0.1, 0.15) is 0 Å². The minimum absolute atomic E-state index is 0.119. The Hall–Kier alpha value is -1.44. The van der Waals surface area contributed by atoms with Crippen molar-refractivity contribution in [3.05, 3.63) is 29.8 Å². The lowest BCUT2D eigenvalue weighted by atomic mass is 9.99. The van der Waals surface area contributed by atoms with Gasteiger partial charge < -0.3 is 10.1 Å². The van der Waals surface area contributed by atoms with E-state index in [9.17, 15) is 4.79 Å². The number of carbonyl (C=O) groups excluding carboxylic acids is 1. The van der Waals surface area contributed by atoms with Gasteiger partial charge in [-0.15, -0.1) is 18.2 Å². The molecule has 1 saturated heterocycles. The first kappa shape index (κ1) is 15.9. The Kier molecular flexibility index (Phi) is 5.72. The van der Waals surface area contributed by atoms with Gasteiger partial charge in [-0.1, -0.05) is 19.8 Å². The van der Waals surface area contributed by atoms with Crippen LogP contribution in [0.25, 0.3) is 0 Å². The molecule has 3 nitrogen and oxygen atoms in total. The average Bonchev–Trinajstić information content (AvgIpc) is 2.98. The van der Waals surface area contributed by atoms with Crippen LogP contribution in [0.4, 0.5) is 0 Å². The minimum atomic E-state index is -0.260. The summed E-state index contributed by atoms with van der Waals surface area (Å²) in [7, 11) is 0. The summed E-state index contributed by atoms with van der Waals surface area (Å²) in [4.78, 5) is 13.4. The summed E-state index contributed by atoms with van der Waals surface area (Å²) in [5.41, 5.74) is 0.641. The van der Waals surface area contributed by atoms with E-state index in [-0.39, 0.29) is 17.9 Å². The molecule has 0 aliphatic carbocycles. The maximum absolute atomic E-state index is 12.2. The third-order valence-electron chi connectivity index (χ3n) is 3.39. The fourth-order valence-electron chi connectivity index (χ4n) is 2.29. The maximum atomic E-state index is 12.2. The highest BCUT2D eigenvalue weighted by atomic mass is 32.2. The summed E-state index contributed by atoms with van der Waals surface area (Å²) in [6, 6.07) is 7.38. The van der Waals surface area contributed by atoms with Crippen LogP contribution in [-0.4, -0.2) is 30.4 Å². The van der Waals surface area contributed by atoms with E-state index >= 15 is 0 Å². The SMILES string of the molecule is C#C[C@@H](NC(=O)c1ccc(SC(C)C)cc1)[C@H]1CCOC1. The van der Waals surface area contributed by atoms with Crippen LogP contribution in [0.5, 0.6) is 0 Å². The Morgan fingerprint density at radius 3 is 2.67 bits per heavy atom. The zero-order valence-corrected chi connectivity index (χ0v) is 13.3. The minimum Gasteiger partial charge on any atom is -0.381 e. The van der Waals surface area contributed by atoms with E-state index in [0.29, 0.717) is 17.4 Å². The first-order valence-corrected chi connectivity index (χ1v) is 8.09. The lowest BCUT2D eigenvalue weighted by molar-refractivity contribution is 0.0931. The number of ether oxygens (including phenoxy) is 1. The topological polar surface area (TPSA) is 38.3 Å². The summed E-state index contributed by atoms with van der Waals surface area (Å²) in [6.45, 7) is 5.64. The zero-order chi connectivity index (χ0) is 15.2. The molecule has 1 aromatic carbocycles. The van der Waals surface area contributed by atoms with Crippen molar-refractivity contribution in [1.29, 1.82) is 0 Å². The lowest BCUT2D eigenvalue weighted by Gasteiger charge is -2.18. The van der Waals surface area contributed by atoms with E-state index in [0.717, 1.165) is 13.0 Å². The van der Waals surface area contributed by atoms with E-state index < -0.39 is 0 Å². The van der Waals surface area contributed by atoms with Crippen molar-refractivity contribution >= 4 is 17.7 Å². The van der Waals surface area contributed by atoms with Crippen molar-refractivity contribution in [2.75, 3.05) is 13.2 Å². The van der Waals surface area contributed by atoms with Crippen LogP contribution in [-0.2, 0) is 4.74 Å². The number of terminal acetylenes is 1. The van der Waals surface area contributed by atoms with E-state index in [1.54, 1.807) is 11.8 Å². The largest absolute Gasteiger partial charge is 0.381 e. The number of thioether (sulfide) groups is 1.